The second kappa shape index (κ2) is 4.89. The van der Waals surface area contributed by atoms with Crippen molar-refractivity contribution in [1.29, 1.82) is 0 Å². The van der Waals surface area contributed by atoms with Crippen LogP contribution in [0.15, 0.2) is 6.07 Å². The van der Waals surface area contributed by atoms with Crippen LogP contribution >= 0.6 is 11.3 Å². The maximum absolute atomic E-state index is 11.9. The molecule has 6 heteroatoms. The smallest absolute Gasteiger partial charge is 0.262 e. The van der Waals surface area contributed by atoms with Crippen LogP contribution in [-0.4, -0.2) is 23.8 Å². The van der Waals surface area contributed by atoms with Crippen molar-refractivity contribution < 1.29 is 14.4 Å². The molecule has 2 heterocycles. The van der Waals surface area contributed by atoms with Gasteiger partial charge in [0.15, 0.2) is 0 Å². The van der Waals surface area contributed by atoms with E-state index in [1.54, 1.807) is 6.07 Å². The molecule has 96 valence electrons. The van der Waals surface area contributed by atoms with Crippen LogP contribution in [0.5, 0.6) is 0 Å². The number of nitrogens with one attached hydrogen (secondary N) is 2. The molecule has 1 aromatic rings. The fourth-order valence-corrected chi connectivity index (χ4v) is 2.68. The monoisotopic (exact) mass is 266 g/mol. The van der Waals surface area contributed by atoms with E-state index in [9.17, 15) is 14.4 Å². The normalized spacial score (nSPS) is 19.6. The van der Waals surface area contributed by atoms with Crippen molar-refractivity contribution >= 4 is 29.1 Å². The van der Waals surface area contributed by atoms with Gasteiger partial charge in [-0.1, -0.05) is 0 Å². The zero-order valence-corrected chi connectivity index (χ0v) is 11.0. The maximum Gasteiger partial charge on any atom is 0.262 e. The molecule has 1 aliphatic heterocycles. The van der Waals surface area contributed by atoms with E-state index in [-0.39, 0.29) is 18.2 Å². The molecule has 18 heavy (non-hydrogen) atoms. The summed E-state index contributed by atoms with van der Waals surface area (Å²) in [5.74, 6) is -0.969. The van der Waals surface area contributed by atoms with Crippen LogP contribution in [0.1, 0.15) is 33.0 Å². The Morgan fingerprint density at radius 3 is 2.72 bits per heavy atom. The van der Waals surface area contributed by atoms with Crippen LogP contribution in [-0.2, 0) is 9.59 Å². The number of rotatable bonds is 2. The first kappa shape index (κ1) is 12.8. The number of carbonyl (C=O) groups excluding carboxylic acids is 3. The number of aryl methyl sites for hydroxylation is 2. The lowest BCUT2D eigenvalue weighted by Gasteiger charge is -2.21. The first-order valence-corrected chi connectivity index (χ1v) is 6.50. The number of thiophene rings is 1. The highest BCUT2D eigenvalue weighted by atomic mass is 32.1. The summed E-state index contributed by atoms with van der Waals surface area (Å²) in [6.45, 7) is 3.89. The van der Waals surface area contributed by atoms with E-state index in [4.69, 9.17) is 0 Å². The minimum Gasteiger partial charge on any atom is -0.340 e. The Balaban J connectivity index is 2.03. The molecule has 1 saturated heterocycles. The number of carbonyl (C=O) groups is 3. The molecule has 0 aromatic carbocycles. The molecule has 0 saturated carbocycles. The molecular weight excluding hydrogens is 252 g/mol. The van der Waals surface area contributed by atoms with Gasteiger partial charge in [-0.2, -0.15) is 0 Å². The molecule has 0 aliphatic carbocycles. The van der Waals surface area contributed by atoms with Crippen molar-refractivity contribution in [2.24, 2.45) is 0 Å². The molecule has 1 aliphatic rings. The summed E-state index contributed by atoms with van der Waals surface area (Å²) in [5, 5.41) is 4.87. The molecule has 3 amide bonds. The van der Waals surface area contributed by atoms with Crippen LogP contribution in [0.25, 0.3) is 0 Å². The first-order chi connectivity index (χ1) is 8.47. The Morgan fingerprint density at radius 1 is 1.44 bits per heavy atom. The minimum absolute atomic E-state index is 0.259. The highest BCUT2D eigenvalue weighted by Gasteiger charge is 2.28. The molecule has 1 unspecified atom stereocenters. The van der Waals surface area contributed by atoms with E-state index in [1.807, 2.05) is 13.8 Å². The summed E-state index contributed by atoms with van der Waals surface area (Å²) >= 11 is 1.40. The summed E-state index contributed by atoms with van der Waals surface area (Å²) in [7, 11) is 0. The van der Waals surface area contributed by atoms with Gasteiger partial charge in [-0.25, -0.2) is 0 Å². The Labute approximate surface area is 109 Å². The van der Waals surface area contributed by atoms with Gasteiger partial charge < -0.3 is 5.32 Å². The molecule has 5 nitrogen and oxygen atoms in total. The van der Waals surface area contributed by atoms with E-state index < -0.39 is 11.9 Å². The number of hydrogen-bond acceptors (Lipinski definition) is 4. The van der Waals surface area contributed by atoms with Gasteiger partial charge in [0.1, 0.15) is 6.04 Å². The fraction of sp³-hybridized carbons (Fsp3) is 0.417. The number of piperidine rings is 1. The third-order valence-corrected chi connectivity index (χ3v) is 4.09. The van der Waals surface area contributed by atoms with Crippen LogP contribution in [0.3, 0.4) is 0 Å². The Morgan fingerprint density at radius 2 is 2.17 bits per heavy atom. The minimum atomic E-state index is -0.613. The van der Waals surface area contributed by atoms with Crippen molar-refractivity contribution in [1.82, 2.24) is 10.6 Å². The van der Waals surface area contributed by atoms with Crippen LogP contribution < -0.4 is 10.6 Å². The third-order valence-electron chi connectivity index (χ3n) is 2.93. The molecule has 1 fully saturated rings. The standard InChI is InChI=1S/C12H14N2O3S/c1-6-5-9(18-7(6)2)12(17)13-8-3-4-10(15)14-11(8)16/h5,8H,3-4H2,1-2H3,(H,13,17)(H,14,15,16). The predicted molar refractivity (Wildman–Crippen MR) is 67.4 cm³/mol. The van der Waals surface area contributed by atoms with Gasteiger partial charge in [-0.05, 0) is 31.9 Å². The second-order valence-corrected chi connectivity index (χ2v) is 5.58. The van der Waals surface area contributed by atoms with E-state index in [2.05, 4.69) is 10.6 Å². The maximum atomic E-state index is 11.9. The van der Waals surface area contributed by atoms with Crippen LogP contribution in [0.2, 0.25) is 0 Å². The zero-order chi connectivity index (χ0) is 13.3. The molecule has 1 aromatic heterocycles. The summed E-state index contributed by atoms with van der Waals surface area (Å²) in [6, 6.07) is 1.19. The molecule has 1 atom stereocenters. The SMILES string of the molecule is Cc1cc(C(=O)NC2CCC(=O)NC2=O)sc1C. The zero-order valence-electron chi connectivity index (χ0n) is 10.2. The molecule has 0 spiro atoms. The van der Waals surface area contributed by atoms with Gasteiger partial charge in [0.05, 0.1) is 4.88 Å². The second-order valence-electron chi connectivity index (χ2n) is 4.33. The van der Waals surface area contributed by atoms with Crippen molar-refractivity contribution in [2.75, 3.05) is 0 Å². The van der Waals surface area contributed by atoms with E-state index in [0.717, 1.165) is 10.4 Å². The van der Waals surface area contributed by atoms with Gasteiger partial charge >= 0.3 is 0 Å². The lowest BCUT2D eigenvalue weighted by molar-refractivity contribution is -0.134. The highest BCUT2D eigenvalue weighted by Crippen LogP contribution is 2.20. The van der Waals surface area contributed by atoms with Gasteiger partial charge in [0.2, 0.25) is 11.8 Å². The molecule has 0 bridgehead atoms. The quantitative estimate of drug-likeness (QED) is 0.781. The van der Waals surface area contributed by atoms with Gasteiger partial charge in [-0.15, -0.1) is 11.3 Å². The fourth-order valence-electron chi connectivity index (χ4n) is 1.75. The molecular formula is C12H14N2O3S. The number of amides is 3. The van der Waals surface area contributed by atoms with E-state index in [1.165, 1.54) is 11.3 Å². The largest absolute Gasteiger partial charge is 0.340 e. The average Bonchev–Trinajstić information content (AvgIpc) is 2.63. The topological polar surface area (TPSA) is 75.3 Å². The van der Waals surface area contributed by atoms with Gasteiger partial charge in [-0.3, -0.25) is 19.7 Å². The first-order valence-electron chi connectivity index (χ1n) is 5.69. The Bertz CT molecular complexity index is 502. The summed E-state index contributed by atoms with van der Waals surface area (Å²) in [4.78, 5) is 36.1. The lowest BCUT2D eigenvalue weighted by atomic mass is 10.1. The Kier molecular flexibility index (Phi) is 3.47. The summed E-state index contributed by atoms with van der Waals surface area (Å²) < 4.78 is 0. The number of imide groups is 1. The van der Waals surface area contributed by atoms with Gasteiger partial charge in [0.25, 0.3) is 5.91 Å². The summed E-state index contributed by atoms with van der Waals surface area (Å²) in [6.07, 6.45) is 0.624. The van der Waals surface area contributed by atoms with Crippen molar-refractivity contribution in [3.05, 3.63) is 21.4 Å². The number of hydrogen-bond donors (Lipinski definition) is 2. The van der Waals surface area contributed by atoms with E-state index >= 15 is 0 Å². The highest BCUT2D eigenvalue weighted by molar-refractivity contribution is 7.14. The van der Waals surface area contributed by atoms with Crippen molar-refractivity contribution in [3.8, 4) is 0 Å². The molecule has 0 radical (unpaired) electrons. The summed E-state index contributed by atoms with van der Waals surface area (Å²) in [5.41, 5.74) is 1.06. The molecule has 2 N–H and O–H groups in total. The van der Waals surface area contributed by atoms with E-state index in [0.29, 0.717) is 11.3 Å². The average molecular weight is 266 g/mol. The van der Waals surface area contributed by atoms with Crippen molar-refractivity contribution in [3.63, 3.8) is 0 Å². The lowest BCUT2D eigenvalue weighted by Crippen LogP contribution is -2.52. The van der Waals surface area contributed by atoms with Gasteiger partial charge in [0, 0.05) is 11.3 Å². The third kappa shape index (κ3) is 2.59. The predicted octanol–water partition coefficient (Wildman–Crippen LogP) is 0.900. The van der Waals surface area contributed by atoms with Crippen LogP contribution in [0.4, 0.5) is 0 Å². The molecule has 2 rings (SSSR count). The van der Waals surface area contributed by atoms with Crippen molar-refractivity contribution in [2.45, 2.75) is 32.7 Å². The van der Waals surface area contributed by atoms with Crippen LogP contribution in [0, 0.1) is 13.8 Å². The Hall–Kier alpha value is -1.69.